The van der Waals surface area contributed by atoms with E-state index in [9.17, 15) is 4.79 Å². The number of hydrogen-bond acceptors (Lipinski definition) is 4. The largest absolute Gasteiger partial charge is 0.493 e. The molecule has 25 heavy (non-hydrogen) atoms. The van der Waals surface area contributed by atoms with Crippen LogP contribution < -0.4 is 25.8 Å². The first-order valence-electron chi connectivity index (χ1n) is 8.66. The van der Waals surface area contributed by atoms with Crippen molar-refractivity contribution >= 4 is 11.9 Å². The van der Waals surface area contributed by atoms with Crippen molar-refractivity contribution in [2.24, 2.45) is 10.7 Å². The Morgan fingerprint density at radius 3 is 2.60 bits per heavy atom. The third-order valence-electron chi connectivity index (χ3n) is 4.28. The summed E-state index contributed by atoms with van der Waals surface area (Å²) < 4.78 is 10.5. The summed E-state index contributed by atoms with van der Waals surface area (Å²) in [6.07, 6.45) is 5.77. The van der Waals surface area contributed by atoms with Crippen molar-refractivity contribution in [1.29, 1.82) is 0 Å². The number of ether oxygens (including phenoxy) is 2. The lowest BCUT2D eigenvalue weighted by molar-refractivity contribution is -0.120. The minimum atomic E-state index is -0.0452. The standard InChI is InChI=1S/C18H28N4O3/c1-24-15-9-8-13(10-16(15)25-2)11-20-18(19)21-12-17(23)22-14-6-4-3-5-7-14/h8-10,14H,3-7,11-12H2,1-2H3,(H,22,23)(H3,19,20,21). The van der Waals surface area contributed by atoms with E-state index in [1.54, 1.807) is 14.2 Å². The highest BCUT2D eigenvalue weighted by molar-refractivity contribution is 5.85. The SMILES string of the molecule is COc1ccc(CN=C(N)NCC(=O)NC2CCCCC2)cc1OC. The maximum absolute atomic E-state index is 11.9. The van der Waals surface area contributed by atoms with Crippen molar-refractivity contribution in [3.8, 4) is 11.5 Å². The lowest BCUT2D eigenvalue weighted by atomic mass is 9.95. The molecule has 1 fully saturated rings. The van der Waals surface area contributed by atoms with Gasteiger partial charge in [-0.15, -0.1) is 0 Å². The molecule has 0 atom stereocenters. The number of guanidine groups is 1. The first kappa shape index (κ1) is 18.9. The lowest BCUT2D eigenvalue weighted by Crippen LogP contribution is -2.44. The van der Waals surface area contributed by atoms with Gasteiger partial charge >= 0.3 is 0 Å². The fourth-order valence-corrected chi connectivity index (χ4v) is 2.91. The van der Waals surface area contributed by atoms with Crippen LogP contribution in [-0.4, -0.2) is 38.7 Å². The molecule has 1 aromatic carbocycles. The van der Waals surface area contributed by atoms with Crippen LogP contribution in [0.1, 0.15) is 37.7 Å². The smallest absolute Gasteiger partial charge is 0.239 e. The predicted molar refractivity (Wildman–Crippen MR) is 97.9 cm³/mol. The van der Waals surface area contributed by atoms with Gasteiger partial charge in [0.05, 0.1) is 27.3 Å². The third kappa shape index (κ3) is 6.17. The summed E-state index contributed by atoms with van der Waals surface area (Å²) in [5.74, 6) is 1.51. The molecule has 138 valence electrons. The van der Waals surface area contributed by atoms with Gasteiger partial charge in [0, 0.05) is 6.04 Å². The zero-order valence-electron chi connectivity index (χ0n) is 15.0. The van der Waals surface area contributed by atoms with E-state index >= 15 is 0 Å². The summed E-state index contributed by atoms with van der Waals surface area (Å²) in [5, 5.41) is 5.89. The second-order valence-corrected chi connectivity index (χ2v) is 6.15. The maximum atomic E-state index is 11.9. The van der Waals surface area contributed by atoms with Crippen molar-refractivity contribution in [3.63, 3.8) is 0 Å². The van der Waals surface area contributed by atoms with Gasteiger partial charge in [0.25, 0.3) is 0 Å². The number of nitrogens with zero attached hydrogens (tertiary/aromatic N) is 1. The van der Waals surface area contributed by atoms with Gasteiger partial charge in [-0.25, -0.2) is 4.99 Å². The van der Waals surface area contributed by atoms with E-state index in [0.717, 1.165) is 18.4 Å². The monoisotopic (exact) mass is 348 g/mol. The Morgan fingerprint density at radius 2 is 1.92 bits per heavy atom. The van der Waals surface area contributed by atoms with Crippen molar-refractivity contribution in [1.82, 2.24) is 10.6 Å². The molecule has 7 nitrogen and oxygen atoms in total. The number of nitrogens with one attached hydrogen (secondary N) is 2. The van der Waals surface area contributed by atoms with Crippen LogP contribution in [0.5, 0.6) is 11.5 Å². The van der Waals surface area contributed by atoms with Crippen LogP contribution >= 0.6 is 0 Å². The number of benzene rings is 1. The third-order valence-corrected chi connectivity index (χ3v) is 4.28. The highest BCUT2D eigenvalue weighted by Crippen LogP contribution is 2.27. The maximum Gasteiger partial charge on any atom is 0.239 e. The number of methoxy groups -OCH3 is 2. The molecule has 1 aliphatic carbocycles. The molecule has 0 saturated heterocycles. The number of aliphatic imine (C=N–C) groups is 1. The number of rotatable bonds is 7. The van der Waals surface area contributed by atoms with E-state index in [0.29, 0.717) is 24.1 Å². The van der Waals surface area contributed by atoms with Crippen LogP contribution in [0.3, 0.4) is 0 Å². The van der Waals surface area contributed by atoms with Crippen molar-refractivity contribution in [3.05, 3.63) is 23.8 Å². The fourth-order valence-electron chi connectivity index (χ4n) is 2.91. The lowest BCUT2D eigenvalue weighted by Gasteiger charge is -2.22. The van der Waals surface area contributed by atoms with Crippen LogP contribution in [0, 0.1) is 0 Å². The van der Waals surface area contributed by atoms with Crippen molar-refractivity contribution in [2.45, 2.75) is 44.7 Å². The molecule has 0 aliphatic heterocycles. The van der Waals surface area contributed by atoms with Gasteiger partial charge in [-0.1, -0.05) is 25.3 Å². The van der Waals surface area contributed by atoms with E-state index in [4.69, 9.17) is 15.2 Å². The van der Waals surface area contributed by atoms with Crippen molar-refractivity contribution < 1.29 is 14.3 Å². The van der Waals surface area contributed by atoms with Crippen LogP contribution in [-0.2, 0) is 11.3 Å². The molecule has 0 aromatic heterocycles. The highest BCUT2D eigenvalue weighted by atomic mass is 16.5. The molecule has 1 saturated carbocycles. The fraction of sp³-hybridized carbons (Fsp3) is 0.556. The molecule has 7 heteroatoms. The molecule has 0 spiro atoms. The topological polar surface area (TPSA) is 98.0 Å². The Hall–Kier alpha value is -2.44. The van der Waals surface area contributed by atoms with Gasteiger partial charge < -0.3 is 25.8 Å². The van der Waals surface area contributed by atoms with Gasteiger partial charge in [0.15, 0.2) is 17.5 Å². The molecule has 4 N–H and O–H groups in total. The molecule has 1 amide bonds. The number of hydrogen-bond donors (Lipinski definition) is 3. The van der Waals surface area contributed by atoms with E-state index in [1.807, 2.05) is 18.2 Å². The molecule has 0 bridgehead atoms. The number of carbonyl (C=O) groups is 1. The van der Waals surface area contributed by atoms with Gasteiger partial charge in [-0.3, -0.25) is 4.79 Å². The minimum absolute atomic E-state index is 0.0452. The zero-order chi connectivity index (χ0) is 18.1. The summed E-state index contributed by atoms with van der Waals surface area (Å²) in [6, 6.07) is 5.87. The Bertz CT molecular complexity index is 598. The average molecular weight is 348 g/mol. The molecule has 0 unspecified atom stereocenters. The minimum Gasteiger partial charge on any atom is -0.493 e. The summed E-state index contributed by atoms with van der Waals surface area (Å²) in [7, 11) is 3.18. The quantitative estimate of drug-likeness (QED) is 0.513. The Labute approximate surface area is 149 Å². The van der Waals surface area contributed by atoms with Gasteiger partial charge in [0.1, 0.15) is 0 Å². The molecular weight excluding hydrogens is 320 g/mol. The van der Waals surface area contributed by atoms with Crippen molar-refractivity contribution in [2.75, 3.05) is 20.8 Å². The first-order chi connectivity index (χ1) is 12.1. The van der Waals surface area contributed by atoms with E-state index in [-0.39, 0.29) is 18.4 Å². The van der Waals surface area contributed by atoms with Crippen LogP contribution in [0.4, 0.5) is 0 Å². The normalized spacial score (nSPS) is 15.5. The molecular formula is C18H28N4O3. The summed E-state index contributed by atoms with van der Waals surface area (Å²) in [6.45, 7) is 0.529. The van der Waals surface area contributed by atoms with Crippen LogP contribution in [0.2, 0.25) is 0 Å². The predicted octanol–water partition coefficient (Wildman–Crippen LogP) is 1.56. The van der Waals surface area contributed by atoms with Gasteiger partial charge in [-0.2, -0.15) is 0 Å². The second-order valence-electron chi connectivity index (χ2n) is 6.15. The molecule has 0 radical (unpaired) electrons. The van der Waals surface area contributed by atoms with Gasteiger partial charge in [0.2, 0.25) is 5.91 Å². The summed E-state index contributed by atoms with van der Waals surface area (Å²) in [5.41, 5.74) is 6.77. The summed E-state index contributed by atoms with van der Waals surface area (Å²) >= 11 is 0. The number of nitrogens with two attached hydrogens (primary N) is 1. The van der Waals surface area contributed by atoms with Crippen LogP contribution in [0.25, 0.3) is 0 Å². The molecule has 1 aliphatic rings. The summed E-state index contributed by atoms with van der Waals surface area (Å²) in [4.78, 5) is 16.2. The Balaban J connectivity index is 1.78. The Morgan fingerprint density at radius 1 is 1.20 bits per heavy atom. The van der Waals surface area contributed by atoms with Crippen LogP contribution in [0.15, 0.2) is 23.2 Å². The Kier molecular flexibility index (Phi) is 7.37. The molecule has 0 heterocycles. The average Bonchev–Trinajstić information content (AvgIpc) is 2.65. The second kappa shape index (κ2) is 9.76. The molecule has 2 rings (SSSR count). The zero-order valence-corrected chi connectivity index (χ0v) is 15.0. The number of carbonyl (C=O) groups excluding carboxylic acids is 1. The number of amides is 1. The molecule has 1 aromatic rings. The van der Waals surface area contributed by atoms with E-state index in [2.05, 4.69) is 15.6 Å². The van der Waals surface area contributed by atoms with Gasteiger partial charge in [-0.05, 0) is 30.5 Å². The van der Waals surface area contributed by atoms with E-state index < -0.39 is 0 Å². The van der Waals surface area contributed by atoms with E-state index in [1.165, 1.54) is 19.3 Å². The highest BCUT2D eigenvalue weighted by Gasteiger charge is 2.15. The first-order valence-corrected chi connectivity index (χ1v) is 8.66.